The number of esters is 1. The van der Waals surface area contributed by atoms with E-state index in [0.29, 0.717) is 6.42 Å². The summed E-state index contributed by atoms with van der Waals surface area (Å²) in [5.74, 6) is 0.841. The third kappa shape index (κ3) is 4.79. The Morgan fingerprint density at radius 2 is 2.30 bits per heavy atom. The minimum absolute atomic E-state index is 0.190. The van der Waals surface area contributed by atoms with Crippen molar-refractivity contribution in [2.24, 2.45) is 0 Å². The van der Waals surface area contributed by atoms with Crippen molar-refractivity contribution in [2.45, 2.75) is 25.8 Å². The monoisotopic (exact) mass is 293 g/mol. The molecule has 0 radical (unpaired) electrons. The second-order valence-electron chi connectivity index (χ2n) is 4.44. The fourth-order valence-corrected chi connectivity index (χ4v) is 2.83. The molecule has 20 heavy (non-hydrogen) atoms. The van der Waals surface area contributed by atoms with Crippen LogP contribution in [0.15, 0.2) is 24.5 Å². The number of aromatic amines is 1. The second-order valence-corrected chi connectivity index (χ2v) is 5.69. The normalized spacial score (nSPS) is 10.7. The quantitative estimate of drug-likeness (QED) is 0.576. The molecule has 0 saturated carbocycles. The lowest BCUT2D eigenvalue weighted by Gasteiger charge is -2.01. The maximum atomic E-state index is 11.2. The molecule has 2 N–H and O–H groups in total. The van der Waals surface area contributed by atoms with Gasteiger partial charge >= 0.3 is 5.97 Å². The van der Waals surface area contributed by atoms with Gasteiger partial charge in [-0.1, -0.05) is 0 Å². The van der Waals surface area contributed by atoms with E-state index in [0.717, 1.165) is 36.6 Å². The van der Waals surface area contributed by atoms with Gasteiger partial charge in [-0.05, 0) is 25.1 Å². The van der Waals surface area contributed by atoms with Crippen LogP contribution < -0.4 is 5.32 Å². The maximum Gasteiger partial charge on any atom is 0.310 e. The molecule has 0 aliphatic rings. The van der Waals surface area contributed by atoms with E-state index >= 15 is 0 Å². The summed E-state index contributed by atoms with van der Waals surface area (Å²) in [7, 11) is 1.41. The molecule has 108 valence electrons. The number of H-pyrrole nitrogens is 1. The van der Waals surface area contributed by atoms with Gasteiger partial charge in [0.25, 0.3) is 0 Å². The largest absolute Gasteiger partial charge is 0.469 e. The zero-order valence-corrected chi connectivity index (χ0v) is 12.3. The van der Waals surface area contributed by atoms with Crippen LogP contribution in [0.3, 0.4) is 0 Å². The highest BCUT2D eigenvalue weighted by atomic mass is 32.1. The molecule has 0 fully saturated rings. The van der Waals surface area contributed by atoms with Crippen molar-refractivity contribution < 1.29 is 9.53 Å². The average Bonchev–Trinajstić information content (AvgIpc) is 3.10. The number of aromatic nitrogens is 2. The van der Waals surface area contributed by atoms with Crippen LogP contribution in [0, 0.1) is 0 Å². The number of hydrogen-bond acceptors (Lipinski definition) is 5. The number of carbonyl (C=O) groups excluding carboxylic acids is 1. The lowest BCUT2D eigenvalue weighted by molar-refractivity contribution is -0.139. The third-order valence-corrected chi connectivity index (χ3v) is 3.97. The van der Waals surface area contributed by atoms with Gasteiger partial charge in [0.05, 0.1) is 13.5 Å². The molecule has 5 nitrogen and oxygen atoms in total. The second kappa shape index (κ2) is 7.81. The lowest BCUT2D eigenvalue weighted by Crippen LogP contribution is -2.14. The van der Waals surface area contributed by atoms with Crippen molar-refractivity contribution in [3.8, 4) is 0 Å². The van der Waals surface area contributed by atoms with E-state index in [1.54, 1.807) is 17.5 Å². The number of methoxy groups -OCH3 is 1. The van der Waals surface area contributed by atoms with Gasteiger partial charge in [-0.3, -0.25) is 4.79 Å². The Balaban J connectivity index is 1.63. The first-order chi connectivity index (χ1) is 9.78. The van der Waals surface area contributed by atoms with E-state index in [4.69, 9.17) is 0 Å². The van der Waals surface area contributed by atoms with Crippen molar-refractivity contribution in [2.75, 3.05) is 13.7 Å². The number of carbonyl (C=O) groups is 1. The van der Waals surface area contributed by atoms with Crippen LogP contribution >= 0.6 is 11.3 Å². The number of ether oxygens (including phenoxy) is 1. The van der Waals surface area contributed by atoms with Crippen molar-refractivity contribution in [3.05, 3.63) is 40.1 Å². The molecule has 2 heterocycles. The van der Waals surface area contributed by atoms with E-state index in [-0.39, 0.29) is 5.97 Å². The van der Waals surface area contributed by atoms with Crippen LogP contribution in [0.25, 0.3) is 0 Å². The molecule has 2 rings (SSSR count). The van der Waals surface area contributed by atoms with Crippen LogP contribution in [-0.2, 0) is 28.9 Å². The number of nitrogens with one attached hydrogen (secondary N) is 2. The van der Waals surface area contributed by atoms with E-state index in [9.17, 15) is 4.79 Å². The van der Waals surface area contributed by atoms with Crippen molar-refractivity contribution in [1.29, 1.82) is 0 Å². The Kier molecular flexibility index (Phi) is 5.76. The van der Waals surface area contributed by atoms with Gasteiger partial charge in [-0.15, -0.1) is 11.3 Å². The highest BCUT2D eigenvalue weighted by Gasteiger charge is 2.06. The highest BCUT2D eigenvalue weighted by molar-refractivity contribution is 7.12. The number of rotatable bonds is 8. The Hall–Kier alpha value is -1.66. The molecule has 2 aromatic heterocycles. The number of imidazole rings is 1. The molecular weight excluding hydrogens is 274 g/mol. The lowest BCUT2D eigenvalue weighted by atomic mass is 10.3. The summed E-state index contributed by atoms with van der Waals surface area (Å²) in [5.41, 5.74) is 0. The molecule has 0 aliphatic heterocycles. The van der Waals surface area contributed by atoms with E-state index in [2.05, 4.69) is 26.1 Å². The van der Waals surface area contributed by atoms with Crippen LogP contribution in [0.2, 0.25) is 0 Å². The van der Waals surface area contributed by atoms with Gasteiger partial charge in [0, 0.05) is 35.1 Å². The van der Waals surface area contributed by atoms with E-state index < -0.39 is 0 Å². The van der Waals surface area contributed by atoms with Gasteiger partial charge < -0.3 is 15.0 Å². The van der Waals surface area contributed by atoms with Gasteiger partial charge in [-0.25, -0.2) is 4.98 Å². The molecule has 0 saturated heterocycles. The third-order valence-electron chi connectivity index (χ3n) is 2.88. The van der Waals surface area contributed by atoms with Gasteiger partial charge in [0.15, 0.2) is 0 Å². The predicted octanol–water partition coefficient (Wildman–Crippen LogP) is 1.91. The first-order valence-electron chi connectivity index (χ1n) is 6.61. The smallest absolute Gasteiger partial charge is 0.310 e. The molecule has 0 unspecified atom stereocenters. The van der Waals surface area contributed by atoms with Crippen LogP contribution in [0.5, 0.6) is 0 Å². The fourth-order valence-electron chi connectivity index (χ4n) is 1.85. The molecule has 0 aromatic carbocycles. The van der Waals surface area contributed by atoms with E-state index in [1.165, 1.54) is 12.0 Å². The summed E-state index contributed by atoms with van der Waals surface area (Å²) in [6.45, 7) is 1.79. The minimum atomic E-state index is -0.190. The molecule has 0 bridgehead atoms. The van der Waals surface area contributed by atoms with Gasteiger partial charge in [-0.2, -0.15) is 0 Å². The Morgan fingerprint density at radius 3 is 3.05 bits per heavy atom. The molecule has 0 aliphatic carbocycles. The average molecular weight is 293 g/mol. The summed E-state index contributed by atoms with van der Waals surface area (Å²) < 4.78 is 4.66. The number of nitrogens with zero attached hydrogens (tertiary/aromatic N) is 1. The maximum absolute atomic E-state index is 11.2. The molecule has 0 spiro atoms. The fraction of sp³-hybridized carbons (Fsp3) is 0.429. The summed E-state index contributed by atoms with van der Waals surface area (Å²) in [4.78, 5) is 20.7. The topological polar surface area (TPSA) is 67.0 Å². The van der Waals surface area contributed by atoms with Gasteiger partial charge in [0.1, 0.15) is 5.82 Å². The standard InChI is InChI=1S/C14H19N3O2S/c1-19-14(18)9-11-4-5-12(20-11)10-15-6-2-3-13-16-7-8-17-13/h4-5,7-8,15H,2-3,6,9-10H2,1H3,(H,16,17). The molecular formula is C14H19N3O2S. The first-order valence-corrected chi connectivity index (χ1v) is 7.43. The Labute approximate surface area is 122 Å². The van der Waals surface area contributed by atoms with Crippen molar-refractivity contribution in [3.63, 3.8) is 0 Å². The SMILES string of the molecule is COC(=O)Cc1ccc(CNCCCc2ncc[nH]2)s1. The van der Waals surface area contributed by atoms with Crippen LogP contribution in [0.1, 0.15) is 22.0 Å². The summed E-state index contributed by atoms with van der Waals surface area (Å²) in [6, 6.07) is 4.05. The zero-order valence-electron chi connectivity index (χ0n) is 11.5. The molecule has 0 amide bonds. The van der Waals surface area contributed by atoms with Crippen LogP contribution in [0.4, 0.5) is 0 Å². The molecule has 2 aromatic rings. The summed E-state index contributed by atoms with van der Waals surface area (Å²) >= 11 is 1.65. The van der Waals surface area contributed by atoms with Crippen molar-refractivity contribution >= 4 is 17.3 Å². The van der Waals surface area contributed by atoms with Crippen molar-refractivity contribution in [1.82, 2.24) is 15.3 Å². The predicted molar refractivity (Wildman–Crippen MR) is 78.7 cm³/mol. The zero-order chi connectivity index (χ0) is 14.2. The first kappa shape index (κ1) is 14.7. The summed E-state index contributed by atoms with van der Waals surface area (Å²) in [6.07, 6.45) is 5.99. The number of hydrogen-bond donors (Lipinski definition) is 2. The molecule has 6 heteroatoms. The van der Waals surface area contributed by atoms with Crippen LogP contribution in [-0.4, -0.2) is 29.6 Å². The van der Waals surface area contributed by atoms with E-state index in [1.807, 2.05) is 12.3 Å². The molecule has 0 atom stereocenters. The Bertz CT molecular complexity index is 522. The minimum Gasteiger partial charge on any atom is -0.469 e. The highest BCUT2D eigenvalue weighted by Crippen LogP contribution is 2.17. The number of thiophene rings is 1. The summed E-state index contributed by atoms with van der Waals surface area (Å²) in [5, 5.41) is 3.40. The Morgan fingerprint density at radius 1 is 1.45 bits per heavy atom. The van der Waals surface area contributed by atoms with Gasteiger partial charge in [0.2, 0.25) is 0 Å². The number of aryl methyl sites for hydroxylation is 1.